The highest BCUT2D eigenvalue weighted by Gasteiger charge is 2.36. The average Bonchev–Trinajstić information content (AvgIpc) is 2.98. The number of hydrogen-bond acceptors (Lipinski definition) is 4. The normalized spacial score (nSPS) is 32.0. The molecule has 2 heterocycles. The molecule has 0 saturated carbocycles. The van der Waals surface area contributed by atoms with Crippen LogP contribution >= 0.6 is 0 Å². The Balaban J connectivity index is 1.25. The lowest BCUT2D eigenvalue weighted by Crippen LogP contribution is -2.45. The Morgan fingerprint density at radius 3 is 2.71 bits per heavy atom. The molecule has 0 spiro atoms. The molecule has 4 rings (SSSR count). The molecule has 2 fully saturated rings. The van der Waals surface area contributed by atoms with Gasteiger partial charge in [-0.3, -0.25) is 4.90 Å². The molecule has 24 heavy (non-hydrogen) atoms. The van der Waals surface area contributed by atoms with Crippen LogP contribution in [0.1, 0.15) is 49.3 Å². The van der Waals surface area contributed by atoms with E-state index in [4.69, 9.17) is 9.47 Å². The molecule has 2 aliphatic heterocycles. The number of nitrogens with zero attached hydrogens (tertiary/aromatic N) is 1. The number of aliphatic hydroxyl groups is 1. The minimum Gasteiger partial charge on any atom is -0.387 e. The molecular formula is C20H29NO3. The number of benzene rings is 1. The van der Waals surface area contributed by atoms with E-state index in [1.54, 1.807) is 0 Å². The second kappa shape index (κ2) is 7.52. The molecule has 0 radical (unpaired) electrons. The molecule has 3 unspecified atom stereocenters. The van der Waals surface area contributed by atoms with E-state index >= 15 is 0 Å². The van der Waals surface area contributed by atoms with Gasteiger partial charge in [0.15, 0.2) is 0 Å². The van der Waals surface area contributed by atoms with Crippen molar-refractivity contribution < 1.29 is 14.6 Å². The lowest BCUT2D eigenvalue weighted by Gasteiger charge is -2.37. The van der Waals surface area contributed by atoms with Crippen LogP contribution < -0.4 is 0 Å². The fraction of sp³-hybridized carbons (Fsp3) is 0.700. The summed E-state index contributed by atoms with van der Waals surface area (Å²) in [4.78, 5) is 2.46. The molecule has 3 aliphatic rings. The van der Waals surface area contributed by atoms with E-state index in [-0.39, 0.29) is 12.1 Å². The molecule has 132 valence electrons. The first-order chi connectivity index (χ1) is 11.8. The Morgan fingerprint density at radius 2 is 1.96 bits per heavy atom. The maximum absolute atomic E-state index is 10.6. The predicted octanol–water partition coefficient (Wildman–Crippen LogP) is 2.69. The van der Waals surface area contributed by atoms with Crippen LogP contribution in [0, 0.1) is 0 Å². The van der Waals surface area contributed by atoms with E-state index in [9.17, 15) is 5.11 Å². The summed E-state index contributed by atoms with van der Waals surface area (Å²) in [5.41, 5.74) is 2.43. The highest BCUT2D eigenvalue weighted by molar-refractivity contribution is 5.35. The van der Waals surface area contributed by atoms with Gasteiger partial charge < -0.3 is 14.6 Å². The summed E-state index contributed by atoms with van der Waals surface area (Å²) in [6.07, 6.45) is 7.03. The zero-order chi connectivity index (χ0) is 16.4. The number of likely N-dealkylation sites (tertiary alicyclic amines) is 1. The molecule has 4 nitrogen and oxygen atoms in total. The van der Waals surface area contributed by atoms with Crippen LogP contribution in [0.25, 0.3) is 0 Å². The quantitative estimate of drug-likeness (QED) is 0.921. The molecule has 3 atom stereocenters. The molecular weight excluding hydrogens is 302 g/mol. The minimum absolute atomic E-state index is 0.241. The van der Waals surface area contributed by atoms with Gasteiger partial charge in [0.1, 0.15) is 0 Å². The van der Waals surface area contributed by atoms with Crippen LogP contribution in [-0.2, 0) is 15.9 Å². The number of hydrogen-bond donors (Lipinski definition) is 1. The van der Waals surface area contributed by atoms with Crippen molar-refractivity contribution in [2.45, 2.75) is 62.9 Å². The number of fused-ring (bicyclic) bond motifs is 1. The van der Waals surface area contributed by atoms with E-state index in [2.05, 4.69) is 23.1 Å². The first-order valence-corrected chi connectivity index (χ1v) is 9.54. The SMILES string of the molecule is OC1c2ccccc2CC1N1CCC(OCC2CCCCO2)CC1. The lowest BCUT2D eigenvalue weighted by atomic mass is 10.0. The minimum atomic E-state index is -0.339. The average molecular weight is 331 g/mol. The fourth-order valence-corrected chi connectivity index (χ4v) is 4.44. The zero-order valence-electron chi connectivity index (χ0n) is 14.4. The summed E-state index contributed by atoms with van der Waals surface area (Å²) in [5, 5.41) is 10.6. The van der Waals surface area contributed by atoms with Gasteiger partial charge in [0.05, 0.1) is 24.9 Å². The number of piperidine rings is 1. The highest BCUT2D eigenvalue weighted by atomic mass is 16.5. The summed E-state index contributed by atoms with van der Waals surface area (Å²) in [7, 11) is 0. The summed E-state index contributed by atoms with van der Waals surface area (Å²) >= 11 is 0. The first-order valence-electron chi connectivity index (χ1n) is 9.54. The van der Waals surface area contributed by atoms with E-state index < -0.39 is 0 Å². The molecule has 0 aromatic heterocycles. The van der Waals surface area contributed by atoms with Crippen molar-refractivity contribution in [2.24, 2.45) is 0 Å². The van der Waals surface area contributed by atoms with Crippen LogP contribution in [0.15, 0.2) is 24.3 Å². The first kappa shape index (κ1) is 16.5. The van der Waals surface area contributed by atoms with Crippen LogP contribution in [0.2, 0.25) is 0 Å². The van der Waals surface area contributed by atoms with Gasteiger partial charge in [-0.2, -0.15) is 0 Å². The third-order valence-corrected chi connectivity index (χ3v) is 5.90. The van der Waals surface area contributed by atoms with Crippen molar-refractivity contribution in [3.8, 4) is 0 Å². The van der Waals surface area contributed by atoms with Gasteiger partial charge in [0.2, 0.25) is 0 Å². The second-order valence-corrected chi connectivity index (χ2v) is 7.47. The Labute approximate surface area is 144 Å². The summed E-state index contributed by atoms with van der Waals surface area (Å²) in [6, 6.07) is 8.56. The smallest absolute Gasteiger partial charge is 0.0951 e. The second-order valence-electron chi connectivity index (χ2n) is 7.47. The number of rotatable bonds is 4. The van der Waals surface area contributed by atoms with E-state index in [0.29, 0.717) is 12.2 Å². The maximum Gasteiger partial charge on any atom is 0.0951 e. The van der Waals surface area contributed by atoms with E-state index in [1.165, 1.54) is 18.4 Å². The summed E-state index contributed by atoms with van der Waals surface area (Å²) in [5.74, 6) is 0. The van der Waals surface area contributed by atoms with Crippen molar-refractivity contribution in [3.05, 3.63) is 35.4 Å². The fourth-order valence-electron chi connectivity index (χ4n) is 4.44. The van der Waals surface area contributed by atoms with Crippen LogP contribution in [0.3, 0.4) is 0 Å². The Kier molecular flexibility index (Phi) is 5.18. The van der Waals surface area contributed by atoms with Gasteiger partial charge in [-0.05, 0) is 49.7 Å². The van der Waals surface area contributed by atoms with Crippen molar-refractivity contribution in [2.75, 3.05) is 26.3 Å². The standard InChI is InChI=1S/C20H29NO3/c22-20-18-7-2-1-5-15(18)13-19(20)21-10-8-16(9-11-21)24-14-17-6-3-4-12-23-17/h1-2,5,7,16-17,19-20,22H,3-4,6,8-14H2. The lowest BCUT2D eigenvalue weighted by molar-refractivity contribution is -0.0802. The van der Waals surface area contributed by atoms with Gasteiger partial charge in [-0.1, -0.05) is 24.3 Å². The van der Waals surface area contributed by atoms with Crippen molar-refractivity contribution in [1.82, 2.24) is 4.90 Å². The van der Waals surface area contributed by atoms with E-state index in [0.717, 1.165) is 57.6 Å². The largest absolute Gasteiger partial charge is 0.387 e. The van der Waals surface area contributed by atoms with Gasteiger partial charge in [-0.25, -0.2) is 0 Å². The monoisotopic (exact) mass is 331 g/mol. The van der Waals surface area contributed by atoms with Gasteiger partial charge in [-0.15, -0.1) is 0 Å². The van der Waals surface area contributed by atoms with Gasteiger partial charge in [0, 0.05) is 25.7 Å². The molecule has 4 heteroatoms. The summed E-state index contributed by atoms with van der Waals surface area (Å²) in [6.45, 7) is 3.69. The summed E-state index contributed by atoms with van der Waals surface area (Å²) < 4.78 is 11.9. The topological polar surface area (TPSA) is 41.9 Å². The molecule has 1 aromatic rings. The van der Waals surface area contributed by atoms with Crippen LogP contribution in [0.5, 0.6) is 0 Å². The molecule has 1 N–H and O–H groups in total. The van der Waals surface area contributed by atoms with Crippen LogP contribution in [-0.4, -0.2) is 54.6 Å². The highest BCUT2D eigenvalue weighted by Crippen LogP contribution is 2.35. The Hall–Kier alpha value is -0.940. The zero-order valence-corrected chi connectivity index (χ0v) is 14.4. The maximum atomic E-state index is 10.6. The number of ether oxygens (including phenoxy) is 2. The van der Waals surface area contributed by atoms with Crippen LogP contribution in [0.4, 0.5) is 0 Å². The number of aliphatic hydroxyl groups excluding tert-OH is 1. The molecule has 1 aromatic carbocycles. The Morgan fingerprint density at radius 1 is 1.12 bits per heavy atom. The van der Waals surface area contributed by atoms with Gasteiger partial charge >= 0.3 is 0 Å². The molecule has 0 bridgehead atoms. The van der Waals surface area contributed by atoms with Crippen molar-refractivity contribution in [3.63, 3.8) is 0 Å². The van der Waals surface area contributed by atoms with E-state index in [1.807, 2.05) is 6.07 Å². The van der Waals surface area contributed by atoms with Gasteiger partial charge in [0.25, 0.3) is 0 Å². The van der Waals surface area contributed by atoms with Crippen molar-refractivity contribution in [1.29, 1.82) is 0 Å². The molecule has 0 amide bonds. The molecule has 2 saturated heterocycles. The van der Waals surface area contributed by atoms with Crippen molar-refractivity contribution >= 4 is 0 Å². The third kappa shape index (κ3) is 3.52. The molecule has 1 aliphatic carbocycles. The predicted molar refractivity (Wildman–Crippen MR) is 93.0 cm³/mol. The Bertz CT molecular complexity index is 535. The third-order valence-electron chi connectivity index (χ3n) is 5.90.